The van der Waals surface area contributed by atoms with Crippen molar-refractivity contribution in [1.29, 1.82) is 0 Å². The van der Waals surface area contributed by atoms with Crippen LogP contribution in [0.25, 0.3) is 11.1 Å². The maximum Gasteiger partial charge on any atom is 0.325 e. The van der Waals surface area contributed by atoms with Crippen LogP contribution in [0.3, 0.4) is 0 Å². The number of imide groups is 1. The molecule has 2 aromatic rings. The van der Waals surface area contributed by atoms with Gasteiger partial charge in [-0.3, -0.25) is 14.5 Å². The van der Waals surface area contributed by atoms with Gasteiger partial charge in [-0.25, -0.2) is 9.78 Å². The number of benzene rings is 1. The van der Waals surface area contributed by atoms with Gasteiger partial charge in [-0.05, 0) is 37.0 Å². The fraction of sp³-hybridized carbons (Fsp3) is 0.474. The summed E-state index contributed by atoms with van der Waals surface area (Å²) < 4.78 is 5.41. The molecule has 2 N–H and O–H groups in total. The lowest BCUT2D eigenvalue weighted by Gasteiger charge is -2.36. The number of nitrogens with one attached hydrogen (secondary N) is 2. The molecule has 142 valence electrons. The van der Waals surface area contributed by atoms with E-state index in [-0.39, 0.29) is 18.4 Å². The predicted molar refractivity (Wildman–Crippen MR) is 98.0 cm³/mol. The Labute approximate surface area is 156 Å². The molecular formula is C19H22N4O4. The lowest BCUT2D eigenvalue weighted by Crippen LogP contribution is -2.54. The van der Waals surface area contributed by atoms with Gasteiger partial charge in [0.2, 0.25) is 5.91 Å². The van der Waals surface area contributed by atoms with Gasteiger partial charge < -0.3 is 15.1 Å². The second-order valence-corrected chi connectivity index (χ2v) is 7.40. The van der Waals surface area contributed by atoms with Crippen molar-refractivity contribution in [3.8, 4) is 0 Å². The highest BCUT2D eigenvalue weighted by atomic mass is 16.3. The van der Waals surface area contributed by atoms with Crippen LogP contribution in [0.1, 0.15) is 38.5 Å². The van der Waals surface area contributed by atoms with Gasteiger partial charge >= 0.3 is 6.03 Å². The van der Waals surface area contributed by atoms with E-state index in [4.69, 9.17) is 4.42 Å². The average Bonchev–Trinajstić information content (AvgIpc) is 3.10. The number of amides is 4. The van der Waals surface area contributed by atoms with Crippen LogP contribution >= 0.6 is 0 Å². The number of carbonyl (C=O) groups excluding carboxylic acids is 3. The van der Waals surface area contributed by atoms with Gasteiger partial charge in [0.25, 0.3) is 5.91 Å². The zero-order chi connectivity index (χ0) is 19.2. The Morgan fingerprint density at radius 1 is 1.41 bits per heavy atom. The third kappa shape index (κ3) is 2.94. The van der Waals surface area contributed by atoms with E-state index in [0.717, 1.165) is 24.2 Å². The maximum absolute atomic E-state index is 12.9. The molecule has 8 heteroatoms. The highest BCUT2D eigenvalue weighted by Crippen LogP contribution is 2.38. The Morgan fingerprint density at radius 2 is 2.22 bits per heavy atom. The van der Waals surface area contributed by atoms with E-state index < -0.39 is 17.5 Å². The monoisotopic (exact) mass is 370 g/mol. The summed E-state index contributed by atoms with van der Waals surface area (Å²) in [5, 5.41) is 5.57. The Kier molecular flexibility index (Phi) is 4.13. The average molecular weight is 370 g/mol. The molecule has 1 aliphatic carbocycles. The quantitative estimate of drug-likeness (QED) is 0.808. The number of aryl methyl sites for hydroxylation is 1. The van der Waals surface area contributed by atoms with Crippen LogP contribution in [0, 0.1) is 12.8 Å². The highest BCUT2D eigenvalue weighted by Gasteiger charge is 2.55. The molecule has 1 saturated heterocycles. The van der Waals surface area contributed by atoms with Gasteiger partial charge in [0, 0.05) is 12.6 Å². The number of urea groups is 1. The van der Waals surface area contributed by atoms with Crippen molar-refractivity contribution in [2.24, 2.45) is 5.92 Å². The molecule has 2 fully saturated rings. The summed E-state index contributed by atoms with van der Waals surface area (Å²) in [4.78, 5) is 42.9. The smallest absolute Gasteiger partial charge is 0.325 e. The fourth-order valence-electron chi connectivity index (χ4n) is 4.10. The van der Waals surface area contributed by atoms with Crippen molar-refractivity contribution < 1.29 is 18.8 Å². The molecule has 2 unspecified atom stereocenters. The minimum absolute atomic E-state index is 0.0635. The molecule has 0 bridgehead atoms. The first-order valence-corrected chi connectivity index (χ1v) is 9.20. The molecule has 1 aromatic carbocycles. The number of anilines is 1. The zero-order valence-corrected chi connectivity index (χ0v) is 15.4. The van der Waals surface area contributed by atoms with E-state index in [2.05, 4.69) is 15.6 Å². The number of hydrogen-bond acceptors (Lipinski definition) is 5. The van der Waals surface area contributed by atoms with Gasteiger partial charge in [-0.1, -0.05) is 19.8 Å². The molecule has 1 aliphatic heterocycles. The fourth-order valence-corrected chi connectivity index (χ4v) is 4.10. The molecule has 2 aliphatic rings. The van der Waals surface area contributed by atoms with Crippen molar-refractivity contribution in [3.63, 3.8) is 0 Å². The van der Waals surface area contributed by atoms with E-state index in [1.807, 2.05) is 6.92 Å². The number of rotatable bonds is 3. The third-order valence-corrected chi connectivity index (χ3v) is 5.58. The lowest BCUT2D eigenvalue weighted by molar-refractivity contribution is -0.136. The van der Waals surface area contributed by atoms with Crippen molar-refractivity contribution in [3.05, 3.63) is 24.1 Å². The van der Waals surface area contributed by atoms with E-state index in [0.29, 0.717) is 29.1 Å². The molecule has 1 saturated carbocycles. The van der Waals surface area contributed by atoms with Crippen LogP contribution in [0.5, 0.6) is 0 Å². The molecule has 4 rings (SSSR count). The lowest BCUT2D eigenvalue weighted by atomic mass is 9.73. The minimum atomic E-state index is -0.854. The van der Waals surface area contributed by atoms with Gasteiger partial charge in [0.1, 0.15) is 17.6 Å². The Hall–Kier alpha value is -2.90. The van der Waals surface area contributed by atoms with E-state index in [1.54, 1.807) is 25.1 Å². The van der Waals surface area contributed by atoms with Crippen LogP contribution in [-0.4, -0.2) is 39.8 Å². The molecule has 1 aromatic heterocycles. The molecule has 2 heterocycles. The predicted octanol–water partition coefficient (Wildman–Crippen LogP) is 2.58. The number of aromatic nitrogens is 1. The zero-order valence-electron chi connectivity index (χ0n) is 15.4. The Bertz CT molecular complexity index is 937. The number of nitrogens with zero attached hydrogens (tertiary/aromatic N) is 2. The number of fused-ring (bicyclic) bond motifs is 1. The summed E-state index contributed by atoms with van der Waals surface area (Å²) in [5.74, 6) is -0.121. The molecule has 2 atom stereocenters. The molecule has 1 spiro atoms. The van der Waals surface area contributed by atoms with E-state index in [9.17, 15) is 14.4 Å². The van der Waals surface area contributed by atoms with Crippen LogP contribution in [0.4, 0.5) is 10.5 Å². The van der Waals surface area contributed by atoms with Crippen LogP contribution in [0.15, 0.2) is 22.6 Å². The first kappa shape index (κ1) is 17.5. The van der Waals surface area contributed by atoms with Gasteiger partial charge in [0.05, 0.1) is 0 Å². The summed E-state index contributed by atoms with van der Waals surface area (Å²) in [7, 11) is 0. The van der Waals surface area contributed by atoms with E-state index in [1.165, 1.54) is 0 Å². The Balaban J connectivity index is 1.47. The van der Waals surface area contributed by atoms with E-state index >= 15 is 0 Å². The minimum Gasteiger partial charge on any atom is -0.441 e. The molecular weight excluding hydrogens is 348 g/mol. The number of hydrogen-bond donors (Lipinski definition) is 2. The molecule has 4 amide bonds. The second-order valence-electron chi connectivity index (χ2n) is 7.40. The van der Waals surface area contributed by atoms with Crippen LogP contribution in [0.2, 0.25) is 0 Å². The van der Waals surface area contributed by atoms with Crippen molar-refractivity contribution in [2.75, 3.05) is 11.9 Å². The summed E-state index contributed by atoms with van der Waals surface area (Å²) in [6, 6.07) is 4.62. The number of oxazole rings is 1. The first-order chi connectivity index (χ1) is 12.9. The second kappa shape index (κ2) is 6.37. The summed E-state index contributed by atoms with van der Waals surface area (Å²) in [6.07, 6.45) is 3.46. The van der Waals surface area contributed by atoms with Gasteiger partial charge in [-0.2, -0.15) is 0 Å². The van der Waals surface area contributed by atoms with Gasteiger partial charge in [0.15, 0.2) is 11.5 Å². The van der Waals surface area contributed by atoms with Crippen LogP contribution in [-0.2, 0) is 9.59 Å². The third-order valence-electron chi connectivity index (χ3n) is 5.58. The van der Waals surface area contributed by atoms with Crippen molar-refractivity contribution in [2.45, 2.75) is 45.1 Å². The maximum atomic E-state index is 12.9. The van der Waals surface area contributed by atoms with Crippen molar-refractivity contribution in [1.82, 2.24) is 15.2 Å². The Morgan fingerprint density at radius 3 is 3.00 bits per heavy atom. The molecule has 8 nitrogen and oxygen atoms in total. The van der Waals surface area contributed by atoms with Crippen molar-refractivity contribution >= 4 is 34.6 Å². The largest absolute Gasteiger partial charge is 0.441 e. The number of carbonyl (C=O) groups is 3. The normalized spacial score (nSPS) is 25.3. The molecule has 0 radical (unpaired) electrons. The summed E-state index contributed by atoms with van der Waals surface area (Å²) in [5.41, 5.74) is 0.948. The summed E-state index contributed by atoms with van der Waals surface area (Å²) in [6.45, 7) is 3.42. The summed E-state index contributed by atoms with van der Waals surface area (Å²) >= 11 is 0. The molecule has 27 heavy (non-hydrogen) atoms. The standard InChI is InChI=1S/C19H22N4O4/c1-11-5-3-4-8-19(11)17(25)23(18(26)22-19)10-16(24)21-13-6-7-15-14(9-13)20-12(2)27-15/h6-7,9,11H,3-5,8,10H2,1-2H3,(H,21,24)(H,22,26). The highest BCUT2D eigenvalue weighted by molar-refractivity contribution is 6.10. The van der Waals surface area contributed by atoms with Crippen LogP contribution < -0.4 is 10.6 Å². The first-order valence-electron chi connectivity index (χ1n) is 9.20. The van der Waals surface area contributed by atoms with Gasteiger partial charge in [-0.15, -0.1) is 0 Å². The SMILES string of the molecule is Cc1nc2cc(NC(=O)CN3C(=O)NC4(CCCCC4C)C3=O)ccc2o1. The topological polar surface area (TPSA) is 105 Å².